The van der Waals surface area contributed by atoms with Crippen LogP contribution in [0.1, 0.15) is 24.0 Å². The minimum Gasteiger partial charge on any atom is -0.493 e. The van der Waals surface area contributed by atoms with Gasteiger partial charge in [0, 0.05) is 0 Å². The van der Waals surface area contributed by atoms with Gasteiger partial charge in [0.2, 0.25) is 0 Å². The number of halogens is 3. The molecule has 0 heterocycles. The lowest BCUT2D eigenvalue weighted by atomic mass is 10.1. The highest BCUT2D eigenvalue weighted by Crippen LogP contribution is 2.34. The van der Waals surface area contributed by atoms with E-state index in [1.807, 2.05) is 0 Å². The molecule has 0 aliphatic heterocycles. The van der Waals surface area contributed by atoms with E-state index in [9.17, 15) is 13.2 Å². The topological polar surface area (TPSA) is 59.1 Å². The number of nitrogen functional groups attached to an aromatic ring is 1. The molecule has 98 valence electrons. The highest BCUT2D eigenvalue weighted by molar-refractivity contribution is 5.97. The predicted octanol–water partition coefficient (Wildman–Crippen LogP) is 2.78. The zero-order valence-corrected chi connectivity index (χ0v) is 9.55. The summed E-state index contributed by atoms with van der Waals surface area (Å²) in [6, 6.07) is 3.02. The Morgan fingerprint density at radius 3 is 2.56 bits per heavy atom. The molecule has 6 heteroatoms. The minimum atomic E-state index is -4.45. The van der Waals surface area contributed by atoms with Crippen LogP contribution < -0.4 is 10.5 Å². The van der Waals surface area contributed by atoms with Crippen LogP contribution in [0.25, 0.3) is 0 Å². The standard InChI is InChI=1S/C12H13F3N2O/c13-12(14,15)8-3-4-10(9(5-8)11(16)17)18-6-7-1-2-7/h3-5,7H,1-2,6H2,(H3,16,17). The third-order valence-electron chi connectivity index (χ3n) is 2.77. The Labute approximate surface area is 102 Å². The van der Waals surface area contributed by atoms with Gasteiger partial charge in [-0.05, 0) is 37.0 Å². The first-order chi connectivity index (χ1) is 8.38. The molecule has 0 radical (unpaired) electrons. The van der Waals surface area contributed by atoms with E-state index in [0.29, 0.717) is 12.5 Å². The molecule has 0 spiro atoms. The molecule has 1 aromatic carbocycles. The first-order valence-electron chi connectivity index (χ1n) is 5.56. The summed E-state index contributed by atoms with van der Waals surface area (Å²) < 4.78 is 43.0. The number of alkyl halides is 3. The van der Waals surface area contributed by atoms with E-state index < -0.39 is 17.6 Å². The van der Waals surface area contributed by atoms with E-state index in [1.54, 1.807) is 0 Å². The second-order valence-electron chi connectivity index (χ2n) is 4.38. The maximum absolute atomic E-state index is 12.5. The number of nitrogens with two attached hydrogens (primary N) is 1. The number of nitrogens with one attached hydrogen (secondary N) is 1. The van der Waals surface area contributed by atoms with Gasteiger partial charge < -0.3 is 10.5 Å². The summed E-state index contributed by atoms with van der Waals surface area (Å²) in [6.07, 6.45) is -2.29. The summed E-state index contributed by atoms with van der Waals surface area (Å²) in [7, 11) is 0. The molecule has 3 nitrogen and oxygen atoms in total. The van der Waals surface area contributed by atoms with Gasteiger partial charge in [0.1, 0.15) is 11.6 Å². The largest absolute Gasteiger partial charge is 0.493 e. The van der Waals surface area contributed by atoms with Crippen molar-refractivity contribution < 1.29 is 17.9 Å². The average molecular weight is 258 g/mol. The summed E-state index contributed by atoms with van der Waals surface area (Å²) in [5, 5.41) is 7.31. The molecule has 3 N–H and O–H groups in total. The third-order valence-corrected chi connectivity index (χ3v) is 2.77. The minimum absolute atomic E-state index is 0.00882. The fourth-order valence-corrected chi connectivity index (χ4v) is 1.53. The lowest BCUT2D eigenvalue weighted by molar-refractivity contribution is -0.137. The van der Waals surface area contributed by atoms with Gasteiger partial charge in [0.05, 0.1) is 17.7 Å². The molecule has 0 atom stereocenters. The third kappa shape index (κ3) is 2.94. The van der Waals surface area contributed by atoms with Crippen molar-refractivity contribution in [3.05, 3.63) is 29.3 Å². The Bertz CT molecular complexity index is 467. The summed E-state index contributed by atoms with van der Waals surface area (Å²) in [5.41, 5.74) is 4.45. The van der Waals surface area contributed by atoms with Crippen LogP contribution in [0.4, 0.5) is 13.2 Å². The van der Waals surface area contributed by atoms with Crippen LogP contribution in [0.15, 0.2) is 18.2 Å². The maximum atomic E-state index is 12.5. The van der Waals surface area contributed by atoms with Crippen LogP contribution >= 0.6 is 0 Å². The average Bonchev–Trinajstić information content (AvgIpc) is 3.08. The van der Waals surface area contributed by atoms with Gasteiger partial charge in [-0.3, -0.25) is 5.41 Å². The molecular weight excluding hydrogens is 245 g/mol. The molecule has 1 aliphatic rings. The highest BCUT2D eigenvalue weighted by Gasteiger charge is 2.31. The molecule has 1 aliphatic carbocycles. The first-order valence-corrected chi connectivity index (χ1v) is 5.56. The molecule has 2 rings (SSSR count). The Balaban J connectivity index is 2.25. The summed E-state index contributed by atoms with van der Waals surface area (Å²) in [4.78, 5) is 0. The fraction of sp³-hybridized carbons (Fsp3) is 0.417. The molecule has 18 heavy (non-hydrogen) atoms. The number of rotatable bonds is 4. The monoisotopic (exact) mass is 258 g/mol. The zero-order valence-electron chi connectivity index (χ0n) is 9.55. The van der Waals surface area contributed by atoms with Crippen molar-refractivity contribution in [1.82, 2.24) is 0 Å². The second kappa shape index (κ2) is 4.51. The number of hydrogen-bond donors (Lipinski definition) is 2. The number of amidine groups is 1. The molecule has 1 fully saturated rings. The van der Waals surface area contributed by atoms with E-state index in [1.165, 1.54) is 6.07 Å². The van der Waals surface area contributed by atoms with E-state index in [2.05, 4.69) is 0 Å². The van der Waals surface area contributed by atoms with Crippen molar-refractivity contribution in [3.8, 4) is 5.75 Å². The van der Waals surface area contributed by atoms with Crippen LogP contribution in [0.5, 0.6) is 5.75 Å². The quantitative estimate of drug-likeness (QED) is 0.644. The Hall–Kier alpha value is -1.72. The Kier molecular flexibility index (Phi) is 3.19. The number of ether oxygens (including phenoxy) is 1. The highest BCUT2D eigenvalue weighted by atomic mass is 19.4. The van der Waals surface area contributed by atoms with Crippen molar-refractivity contribution >= 4 is 5.84 Å². The van der Waals surface area contributed by atoms with Crippen molar-refractivity contribution in [2.75, 3.05) is 6.61 Å². The molecule has 0 unspecified atom stereocenters. The lowest BCUT2D eigenvalue weighted by Crippen LogP contribution is -2.16. The lowest BCUT2D eigenvalue weighted by Gasteiger charge is -2.13. The van der Waals surface area contributed by atoms with Gasteiger partial charge in [-0.15, -0.1) is 0 Å². The molecule has 0 amide bonds. The predicted molar refractivity (Wildman–Crippen MR) is 60.7 cm³/mol. The van der Waals surface area contributed by atoms with Crippen LogP contribution in [0, 0.1) is 11.3 Å². The maximum Gasteiger partial charge on any atom is 0.416 e. The van der Waals surface area contributed by atoms with Gasteiger partial charge in [-0.1, -0.05) is 0 Å². The summed E-state index contributed by atoms with van der Waals surface area (Å²) in [6.45, 7) is 0.464. The van der Waals surface area contributed by atoms with E-state index in [-0.39, 0.29) is 11.3 Å². The smallest absolute Gasteiger partial charge is 0.416 e. The van der Waals surface area contributed by atoms with E-state index in [4.69, 9.17) is 15.9 Å². The normalized spacial score (nSPS) is 15.5. The molecule has 1 aromatic rings. The van der Waals surface area contributed by atoms with Gasteiger partial charge >= 0.3 is 6.18 Å². The zero-order chi connectivity index (χ0) is 13.3. The van der Waals surface area contributed by atoms with Crippen LogP contribution in [0.2, 0.25) is 0 Å². The van der Waals surface area contributed by atoms with Gasteiger partial charge in [-0.25, -0.2) is 0 Å². The van der Waals surface area contributed by atoms with E-state index in [0.717, 1.165) is 25.0 Å². The van der Waals surface area contributed by atoms with Crippen molar-refractivity contribution in [3.63, 3.8) is 0 Å². The van der Waals surface area contributed by atoms with Crippen molar-refractivity contribution in [2.45, 2.75) is 19.0 Å². The van der Waals surface area contributed by atoms with Crippen LogP contribution in [0.3, 0.4) is 0 Å². The fourth-order valence-electron chi connectivity index (χ4n) is 1.53. The molecular formula is C12H13F3N2O. The molecule has 0 bridgehead atoms. The van der Waals surface area contributed by atoms with Crippen LogP contribution in [-0.2, 0) is 6.18 Å². The molecule has 0 aromatic heterocycles. The van der Waals surface area contributed by atoms with Gasteiger partial charge in [0.15, 0.2) is 0 Å². The van der Waals surface area contributed by atoms with Gasteiger partial charge in [0.25, 0.3) is 0 Å². The first kappa shape index (κ1) is 12.7. The van der Waals surface area contributed by atoms with Gasteiger partial charge in [-0.2, -0.15) is 13.2 Å². The summed E-state index contributed by atoms with van der Waals surface area (Å²) in [5.74, 6) is 0.293. The SMILES string of the molecule is N=C(N)c1cc(C(F)(F)F)ccc1OCC1CC1. The van der Waals surface area contributed by atoms with Crippen molar-refractivity contribution in [2.24, 2.45) is 11.7 Å². The van der Waals surface area contributed by atoms with Crippen LogP contribution in [-0.4, -0.2) is 12.4 Å². The molecule has 0 saturated heterocycles. The van der Waals surface area contributed by atoms with E-state index >= 15 is 0 Å². The number of hydrogen-bond acceptors (Lipinski definition) is 2. The number of benzene rings is 1. The Morgan fingerprint density at radius 1 is 1.39 bits per heavy atom. The van der Waals surface area contributed by atoms with Crippen molar-refractivity contribution in [1.29, 1.82) is 5.41 Å². The Morgan fingerprint density at radius 2 is 2.06 bits per heavy atom. The summed E-state index contributed by atoms with van der Waals surface area (Å²) >= 11 is 0. The molecule has 1 saturated carbocycles. The second-order valence-corrected chi connectivity index (χ2v) is 4.38.